The second-order valence-corrected chi connectivity index (χ2v) is 18.8. The normalized spacial score (nSPS) is 15.6. The fourth-order valence-electron chi connectivity index (χ4n) is 12.4. The van der Waals surface area contributed by atoms with Crippen molar-refractivity contribution in [3.05, 3.63) is 264 Å². The number of anilines is 3. The van der Waals surface area contributed by atoms with Gasteiger partial charge in [-0.05, 0) is 109 Å². The number of rotatable bonds is 5. The molecule has 10 aromatic carbocycles. The van der Waals surface area contributed by atoms with E-state index < -0.39 is 5.41 Å². The molecule has 1 aromatic heterocycles. The quantitative estimate of drug-likeness (QED) is 0.168. The van der Waals surface area contributed by atoms with Crippen LogP contribution in [0, 0.1) is 0 Å². The number of nitrogens with zero attached hydrogens (tertiary/aromatic N) is 2. The Balaban J connectivity index is 1.03. The van der Waals surface area contributed by atoms with Gasteiger partial charge in [0.2, 0.25) is 0 Å². The van der Waals surface area contributed by atoms with Gasteiger partial charge in [-0.1, -0.05) is 202 Å². The fourth-order valence-corrected chi connectivity index (χ4v) is 12.4. The molecule has 310 valence electrons. The van der Waals surface area contributed by atoms with Gasteiger partial charge < -0.3 is 9.47 Å². The Morgan fingerprint density at radius 2 is 0.939 bits per heavy atom. The van der Waals surface area contributed by atoms with Crippen molar-refractivity contribution in [2.45, 2.75) is 24.7 Å². The lowest BCUT2D eigenvalue weighted by Gasteiger charge is -2.39. The van der Waals surface area contributed by atoms with Crippen LogP contribution in [0.2, 0.25) is 0 Å². The van der Waals surface area contributed by atoms with Crippen LogP contribution >= 0.6 is 0 Å². The fraction of sp³-hybridized carbons (Fsp3) is 0.0625. The standard InChI is InChI=1S/C64H44N2/c1-63(2)51-25-10-7-23-50(51)61-54(63)28-17-33-60(61)65(44-37-34-42(35-38-44)41-18-4-3-5-19-41)57-30-13-8-20-45(57)43-36-39-47-46-21-6-11-26-52(46)64(56(47)40-43)53-27-12-15-32-59(53)66-58-31-14-9-22-48(58)49-24-16-29-55(64)62(49)66/h3-40H,1-2H3. The molecule has 1 spiro atoms. The molecule has 2 heterocycles. The molecule has 0 saturated heterocycles. The monoisotopic (exact) mass is 840 g/mol. The van der Waals surface area contributed by atoms with Crippen LogP contribution in [0.3, 0.4) is 0 Å². The molecule has 0 N–H and O–H groups in total. The molecule has 1 atom stereocenters. The highest BCUT2D eigenvalue weighted by atomic mass is 15.1. The van der Waals surface area contributed by atoms with E-state index >= 15 is 0 Å². The summed E-state index contributed by atoms with van der Waals surface area (Å²) in [4.78, 5) is 2.52. The summed E-state index contributed by atoms with van der Waals surface area (Å²) >= 11 is 0. The Bertz CT molecular complexity index is 3800. The van der Waals surface area contributed by atoms with Crippen molar-refractivity contribution in [3.8, 4) is 50.2 Å². The summed E-state index contributed by atoms with van der Waals surface area (Å²) in [5.41, 5.74) is 24.5. The first-order valence-electron chi connectivity index (χ1n) is 23.2. The molecule has 14 rings (SSSR count). The summed E-state index contributed by atoms with van der Waals surface area (Å²) in [7, 11) is 0. The van der Waals surface area contributed by atoms with Crippen LogP contribution in [0.5, 0.6) is 0 Å². The lowest BCUT2D eigenvalue weighted by atomic mass is 9.65. The molecule has 11 aromatic rings. The minimum atomic E-state index is -0.542. The molecule has 1 unspecified atom stereocenters. The minimum Gasteiger partial charge on any atom is -0.309 e. The van der Waals surface area contributed by atoms with Crippen LogP contribution in [0.15, 0.2) is 231 Å². The van der Waals surface area contributed by atoms with Crippen molar-refractivity contribution in [2.24, 2.45) is 0 Å². The van der Waals surface area contributed by atoms with E-state index in [2.05, 4.69) is 254 Å². The number of aromatic nitrogens is 1. The Morgan fingerprint density at radius 3 is 1.79 bits per heavy atom. The Labute approximate surface area is 385 Å². The summed E-state index contributed by atoms with van der Waals surface area (Å²) in [6, 6.07) is 86.3. The summed E-state index contributed by atoms with van der Waals surface area (Å²) in [5, 5.41) is 2.57. The van der Waals surface area contributed by atoms with Gasteiger partial charge >= 0.3 is 0 Å². The third-order valence-corrected chi connectivity index (χ3v) is 15.2. The number of hydrogen-bond donors (Lipinski definition) is 0. The maximum absolute atomic E-state index is 2.53. The van der Waals surface area contributed by atoms with Crippen LogP contribution in [-0.4, -0.2) is 4.57 Å². The van der Waals surface area contributed by atoms with Gasteiger partial charge in [0.05, 0.1) is 33.5 Å². The van der Waals surface area contributed by atoms with Crippen molar-refractivity contribution < 1.29 is 0 Å². The van der Waals surface area contributed by atoms with Crippen molar-refractivity contribution in [1.82, 2.24) is 4.57 Å². The van der Waals surface area contributed by atoms with E-state index in [0.717, 1.165) is 11.4 Å². The van der Waals surface area contributed by atoms with Gasteiger partial charge in [0, 0.05) is 33.0 Å². The van der Waals surface area contributed by atoms with Gasteiger partial charge in [0.25, 0.3) is 0 Å². The zero-order chi connectivity index (χ0) is 43.7. The summed E-state index contributed by atoms with van der Waals surface area (Å²) in [6.07, 6.45) is 0. The third kappa shape index (κ3) is 4.85. The van der Waals surface area contributed by atoms with Gasteiger partial charge in [-0.15, -0.1) is 0 Å². The second-order valence-electron chi connectivity index (χ2n) is 18.8. The molecule has 3 aliphatic rings. The lowest BCUT2D eigenvalue weighted by Crippen LogP contribution is -2.33. The Morgan fingerprint density at radius 1 is 0.364 bits per heavy atom. The average Bonchev–Trinajstić information content (AvgIpc) is 3.96. The number of benzene rings is 10. The molecule has 0 saturated carbocycles. The molecular weight excluding hydrogens is 797 g/mol. The van der Waals surface area contributed by atoms with Crippen molar-refractivity contribution in [1.29, 1.82) is 0 Å². The maximum Gasteiger partial charge on any atom is 0.0754 e. The van der Waals surface area contributed by atoms with Gasteiger partial charge in [-0.3, -0.25) is 0 Å². The predicted octanol–water partition coefficient (Wildman–Crippen LogP) is 16.6. The van der Waals surface area contributed by atoms with Crippen LogP contribution < -0.4 is 4.90 Å². The predicted molar refractivity (Wildman–Crippen MR) is 275 cm³/mol. The number of fused-ring (bicyclic) bond motifs is 15. The topological polar surface area (TPSA) is 8.17 Å². The SMILES string of the molecule is CC1(C)c2ccccc2-c2c(N(c3ccc(-c4ccccc4)cc3)c3ccccc3-c3ccc4c(c3)C3(c5ccccc5-4)c4ccccc4-n4c5ccccc5c5cccc3c54)cccc21. The van der Waals surface area contributed by atoms with Crippen LogP contribution in [0.25, 0.3) is 72.0 Å². The van der Waals surface area contributed by atoms with Crippen LogP contribution in [-0.2, 0) is 10.8 Å². The third-order valence-electron chi connectivity index (χ3n) is 15.2. The summed E-state index contributed by atoms with van der Waals surface area (Å²) in [5.74, 6) is 0. The summed E-state index contributed by atoms with van der Waals surface area (Å²) < 4.78 is 2.53. The first-order valence-corrected chi connectivity index (χ1v) is 23.2. The zero-order valence-electron chi connectivity index (χ0n) is 36.8. The van der Waals surface area contributed by atoms with Gasteiger partial charge in [-0.25, -0.2) is 0 Å². The molecule has 0 bridgehead atoms. The van der Waals surface area contributed by atoms with Crippen molar-refractivity contribution in [2.75, 3.05) is 4.90 Å². The largest absolute Gasteiger partial charge is 0.309 e. The van der Waals surface area contributed by atoms with Gasteiger partial charge in [0.1, 0.15) is 0 Å². The highest BCUT2D eigenvalue weighted by Gasteiger charge is 2.51. The van der Waals surface area contributed by atoms with Crippen molar-refractivity contribution in [3.63, 3.8) is 0 Å². The smallest absolute Gasteiger partial charge is 0.0754 e. The van der Waals surface area contributed by atoms with E-state index in [9.17, 15) is 0 Å². The lowest BCUT2D eigenvalue weighted by molar-refractivity contribution is 0.660. The molecule has 0 amide bonds. The van der Waals surface area contributed by atoms with E-state index in [1.165, 1.54) is 111 Å². The van der Waals surface area contributed by atoms with E-state index in [1.807, 2.05) is 0 Å². The maximum atomic E-state index is 2.53. The van der Waals surface area contributed by atoms with Crippen molar-refractivity contribution >= 4 is 38.9 Å². The zero-order valence-corrected chi connectivity index (χ0v) is 36.8. The Hall–Kier alpha value is -8.20. The van der Waals surface area contributed by atoms with Gasteiger partial charge in [0.15, 0.2) is 0 Å². The first kappa shape index (κ1) is 37.2. The van der Waals surface area contributed by atoms with Crippen LogP contribution in [0.1, 0.15) is 47.2 Å². The molecule has 2 nitrogen and oxygen atoms in total. The molecule has 2 heteroatoms. The summed E-state index contributed by atoms with van der Waals surface area (Å²) in [6.45, 7) is 4.74. The molecule has 66 heavy (non-hydrogen) atoms. The van der Waals surface area contributed by atoms with E-state index in [0.29, 0.717) is 0 Å². The van der Waals surface area contributed by atoms with E-state index in [-0.39, 0.29) is 5.41 Å². The molecule has 1 aliphatic heterocycles. The minimum absolute atomic E-state index is 0.140. The average molecular weight is 841 g/mol. The number of hydrogen-bond acceptors (Lipinski definition) is 1. The van der Waals surface area contributed by atoms with Gasteiger partial charge in [-0.2, -0.15) is 0 Å². The highest BCUT2D eigenvalue weighted by molar-refractivity contribution is 6.13. The first-order chi connectivity index (χ1) is 32.5. The second kappa shape index (κ2) is 13.7. The highest BCUT2D eigenvalue weighted by Crippen LogP contribution is 2.62. The molecule has 0 radical (unpaired) electrons. The molecular formula is C64H44N2. The van der Waals surface area contributed by atoms with E-state index in [4.69, 9.17) is 0 Å². The van der Waals surface area contributed by atoms with E-state index in [1.54, 1.807) is 0 Å². The molecule has 2 aliphatic carbocycles. The molecule has 0 fully saturated rings. The Kier molecular flexibility index (Phi) is 7.70. The number of para-hydroxylation sites is 4. The van der Waals surface area contributed by atoms with Crippen LogP contribution in [0.4, 0.5) is 17.1 Å².